The molecule has 1 saturated heterocycles. The lowest BCUT2D eigenvalue weighted by molar-refractivity contribution is 0.194. The Morgan fingerprint density at radius 2 is 1.61 bits per heavy atom. The van der Waals surface area contributed by atoms with Crippen LogP contribution in [0.15, 0.2) is 53.5 Å². The number of ether oxygens (including phenoxy) is 3. The van der Waals surface area contributed by atoms with Gasteiger partial charge < -0.3 is 24.4 Å². The summed E-state index contributed by atoms with van der Waals surface area (Å²) in [7, 11) is 6.69. The van der Waals surface area contributed by atoms with E-state index in [0.717, 1.165) is 44.2 Å². The maximum atomic E-state index is 5.46. The molecule has 0 aromatic heterocycles. The molecule has 0 saturated carbocycles. The molecule has 0 bridgehead atoms. The Morgan fingerprint density at radius 3 is 2.15 bits per heavy atom. The largest absolute Gasteiger partial charge is 0.493 e. The smallest absolute Gasteiger partial charge is 0.203 e. The average molecular weight is 566 g/mol. The molecular weight excluding hydrogens is 531 g/mol. The number of methoxy groups -OCH3 is 3. The molecule has 2 aromatic rings. The van der Waals surface area contributed by atoms with Crippen LogP contribution in [0.2, 0.25) is 0 Å². The third kappa shape index (κ3) is 7.53. The van der Waals surface area contributed by atoms with Gasteiger partial charge in [0, 0.05) is 46.3 Å². The Morgan fingerprint density at radius 1 is 0.970 bits per heavy atom. The van der Waals surface area contributed by atoms with E-state index >= 15 is 0 Å². The van der Waals surface area contributed by atoms with Crippen LogP contribution >= 0.6 is 24.0 Å². The fourth-order valence-electron chi connectivity index (χ4n) is 3.80. The topological polar surface area (TPSA) is 58.6 Å². The van der Waals surface area contributed by atoms with Crippen LogP contribution < -0.4 is 19.5 Å². The minimum atomic E-state index is 0. The quantitative estimate of drug-likeness (QED) is 0.299. The first-order valence-electron chi connectivity index (χ1n) is 10.9. The summed E-state index contributed by atoms with van der Waals surface area (Å²) < 4.78 is 16.3. The van der Waals surface area contributed by atoms with Crippen molar-refractivity contribution in [2.24, 2.45) is 4.99 Å². The molecule has 1 aliphatic heterocycles. The van der Waals surface area contributed by atoms with Crippen LogP contribution in [0.1, 0.15) is 11.1 Å². The lowest BCUT2D eigenvalue weighted by atomic mass is 10.1. The second-order valence-electron chi connectivity index (χ2n) is 7.54. The summed E-state index contributed by atoms with van der Waals surface area (Å²) in [6.07, 6.45) is 4.42. The van der Waals surface area contributed by atoms with E-state index in [1.165, 1.54) is 5.56 Å². The Kier molecular flexibility index (Phi) is 11.3. The third-order valence-corrected chi connectivity index (χ3v) is 5.53. The molecule has 180 valence electrons. The van der Waals surface area contributed by atoms with Gasteiger partial charge in [-0.2, -0.15) is 0 Å². The predicted octanol–water partition coefficient (Wildman–Crippen LogP) is 3.74. The van der Waals surface area contributed by atoms with Gasteiger partial charge in [0.2, 0.25) is 5.75 Å². The maximum Gasteiger partial charge on any atom is 0.203 e. The number of piperazine rings is 1. The molecule has 1 aliphatic rings. The molecule has 0 spiro atoms. The molecule has 1 N–H and O–H groups in total. The number of hydrogen-bond acceptors (Lipinski definition) is 5. The van der Waals surface area contributed by atoms with E-state index in [1.54, 1.807) is 21.3 Å². The summed E-state index contributed by atoms with van der Waals surface area (Å²) in [4.78, 5) is 9.25. The average Bonchev–Trinajstić information content (AvgIpc) is 2.85. The van der Waals surface area contributed by atoms with Crippen LogP contribution in [0.4, 0.5) is 0 Å². The van der Waals surface area contributed by atoms with E-state index in [-0.39, 0.29) is 24.0 Å². The number of guanidine groups is 1. The molecule has 2 aromatic carbocycles. The highest BCUT2D eigenvalue weighted by atomic mass is 127. The lowest BCUT2D eigenvalue weighted by Crippen LogP contribution is -2.52. The van der Waals surface area contributed by atoms with E-state index in [4.69, 9.17) is 14.2 Å². The predicted molar refractivity (Wildman–Crippen MR) is 145 cm³/mol. The summed E-state index contributed by atoms with van der Waals surface area (Å²) in [5.41, 5.74) is 2.27. The number of halogens is 1. The first-order chi connectivity index (χ1) is 15.7. The van der Waals surface area contributed by atoms with Crippen molar-refractivity contribution in [3.05, 3.63) is 59.7 Å². The fourth-order valence-corrected chi connectivity index (χ4v) is 3.80. The number of nitrogens with zero attached hydrogens (tertiary/aromatic N) is 3. The molecule has 0 atom stereocenters. The van der Waals surface area contributed by atoms with Crippen molar-refractivity contribution in [2.45, 2.75) is 6.54 Å². The first-order valence-corrected chi connectivity index (χ1v) is 10.9. The molecule has 7 nitrogen and oxygen atoms in total. The second kappa shape index (κ2) is 13.9. The normalized spacial score (nSPS) is 14.7. The number of rotatable bonds is 8. The minimum absolute atomic E-state index is 0. The summed E-state index contributed by atoms with van der Waals surface area (Å²) in [5, 5.41) is 3.47. The Balaban J connectivity index is 0.00000385. The Bertz CT molecular complexity index is 888. The number of aliphatic imine (C=N–C) groups is 1. The highest BCUT2D eigenvalue weighted by Crippen LogP contribution is 2.38. The molecular formula is C25H35IN4O3. The van der Waals surface area contributed by atoms with Gasteiger partial charge in [-0.3, -0.25) is 9.89 Å². The highest BCUT2D eigenvalue weighted by Gasteiger charge is 2.19. The van der Waals surface area contributed by atoms with Crippen LogP contribution in [-0.2, 0) is 6.54 Å². The van der Waals surface area contributed by atoms with Crippen molar-refractivity contribution in [1.29, 1.82) is 0 Å². The van der Waals surface area contributed by atoms with Crippen LogP contribution in [0, 0.1) is 0 Å². The summed E-state index contributed by atoms with van der Waals surface area (Å²) in [6.45, 7) is 5.46. The molecule has 1 fully saturated rings. The van der Waals surface area contributed by atoms with E-state index in [1.807, 2.05) is 25.2 Å². The second-order valence-corrected chi connectivity index (χ2v) is 7.54. The van der Waals surface area contributed by atoms with Crippen molar-refractivity contribution in [2.75, 3.05) is 61.1 Å². The van der Waals surface area contributed by atoms with Gasteiger partial charge in [-0.25, -0.2) is 0 Å². The van der Waals surface area contributed by atoms with E-state index < -0.39 is 0 Å². The zero-order valence-electron chi connectivity index (χ0n) is 19.9. The Labute approximate surface area is 214 Å². The molecule has 8 heteroatoms. The van der Waals surface area contributed by atoms with Gasteiger partial charge >= 0.3 is 0 Å². The molecule has 1 heterocycles. The third-order valence-electron chi connectivity index (χ3n) is 5.53. The molecule has 0 amide bonds. The molecule has 0 aliphatic carbocycles. The van der Waals surface area contributed by atoms with Crippen molar-refractivity contribution >= 4 is 36.0 Å². The van der Waals surface area contributed by atoms with Gasteiger partial charge in [-0.05, 0) is 23.3 Å². The highest BCUT2D eigenvalue weighted by molar-refractivity contribution is 14.0. The molecule has 33 heavy (non-hydrogen) atoms. The molecule has 3 rings (SSSR count). The standard InChI is InChI=1S/C25H34N4O3.HI/c1-26-25(27-19-21-17-22(30-2)24(32-4)23(18-21)31-3)29-15-13-28(14-16-29)12-8-11-20-9-6-5-7-10-20;/h5-11,17-18H,12-16,19H2,1-4H3,(H,26,27);1H/b11-8+;. The van der Waals surface area contributed by atoms with Crippen molar-refractivity contribution in [3.8, 4) is 17.2 Å². The monoisotopic (exact) mass is 566 g/mol. The van der Waals surface area contributed by atoms with Gasteiger partial charge in [0.1, 0.15) is 0 Å². The van der Waals surface area contributed by atoms with Gasteiger partial charge in [0.15, 0.2) is 17.5 Å². The lowest BCUT2D eigenvalue weighted by Gasteiger charge is -2.36. The SMILES string of the molecule is CN=C(NCc1cc(OC)c(OC)c(OC)c1)N1CCN(C/C=C/c2ccccc2)CC1.I. The van der Waals surface area contributed by atoms with Crippen molar-refractivity contribution < 1.29 is 14.2 Å². The van der Waals surface area contributed by atoms with E-state index in [9.17, 15) is 0 Å². The molecule has 0 unspecified atom stereocenters. The maximum absolute atomic E-state index is 5.46. The number of benzene rings is 2. The Hall–Kier alpha value is -2.46. The number of nitrogens with one attached hydrogen (secondary N) is 1. The fraction of sp³-hybridized carbons (Fsp3) is 0.400. The first kappa shape index (κ1) is 26.8. The molecule has 0 radical (unpaired) electrons. The van der Waals surface area contributed by atoms with Crippen molar-refractivity contribution in [1.82, 2.24) is 15.1 Å². The van der Waals surface area contributed by atoms with Gasteiger partial charge in [-0.1, -0.05) is 42.5 Å². The van der Waals surface area contributed by atoms with E-state index in [0.29, 0.717) is 23.8 Å². The zero-order chi connectivity index (χ0) is 22.8. The van der Waals surface area contributed by atoms with Crippen LogP contribution in [-0.4, -0.2) is 76.9 Å². The summed E-state index contributed by atoms with van der Waals surface area (Å²) in [5.74, 6) is 2.80. The zero-order valence-corrected chi connectivity index (χ0v) is 22.2. The van der Waals surface area contributed by atoms with Crippen LogP contribution in [0.5, 0.6) is 17.2 Å². The summed E-state index contributed by atoms with van der Waals surface area (Å²) >= 11 is 0. The summed E-state index contributed by atoms with van der Waals surface area (Å²) in [6, 6.07) is 14.3. The van der Waals surface area contributed by atoms with E-state index in [2.05, 4.69) is 56.5 Å². The van der Waals surface area contributed by atoms with Crippen LogP contribution in [0.3, 0.4) is 0 Å². The van der Waals surface area contributed by atoms with Crippen molar-refractivity contribution in [3.63, 3.8) is 0 Å². The van der Waals surface area contributed by atoms with Crippen LogP contribution in [0.25, 0.3) is 6.08 Å². The minimum Gasteiger partial charge on any atom is -0.493 e. The van der Waals surface area contributed by atoms with Gasteiger partial charge in [0.05, 0.1) is 21.3 Å². The van der Waals surface area contributed by atoms with Gasteiger partial charge in [-0.15, -0.1) is 24.0 Å². The van der Waals surface area contributed by atoms with Gasteiger partial charge in [0.25, 0.3) is 0 Å². The number of hydrogen-bond donors (Lipinski definition) is 1.